The number of anilines is 1. The molecule has 0 radical (unpaired) electrons. The number of nitro benzene ring substituents is 1. The van der Waals surface area contributed by atoms with E-state index in [1.165, 1.54) is 11.0 Å². The monoisotopic (exact) mass is 261 g/mol. The maximum Gasteiger partial charge on any atom is 0.278 e. The van der Waals surface area contributed by atoms with E-state index in [0.717, 1.165) is 18.8 Å². The van der Waals surface area contributed by atoms with Gasteiger partial charge in [-0.25, -0.2) is 0 Å². The minimum atomic E-state index is -0.377. The second-order valence-corrected chi connectivity index (χ2v) is 4.67. The lowest BCUT2D eigenvalue weighted by atomic mass is 10.1. The summed E-state index contributed by atoms with van der Waals surface area (Å²) in [5.74, 6) is 0. The van der Waals surface area contributed by atoms with Gasteiger partial charge in [-0.1, -0.05) is 0 Å². The first-order chi connectivity index (χ1) is 9.09. The standard InChI is InChI=1S/C13H16N4O2/c1-16(2)9-8-14-11-5-6-12(17(18)19)10-4-3-7-15-13(10)11/h3-7,14H,8-9H2,1-2H3/p+1. The lowest BCUT2D eigenvalue weighted by Crippen LogP contribution is -3.06. The van der Waals surface area contributed by atoms with Gasteiger partial charge in [-0.15, -0.1) is 0 Å². The molecule has 0 spiro atoms. The van der Waals surface area contributed by atoms with Gasteiger partial charge in [0.05, 0.1) is 43.2 Å². The van der Waals surface area contributed by atoms with Gasteiger partial charge in [-0.05, 0) is 18.2 Å². The molecule has 0 saturated carbocycles. The summed E-state index contributed by atoms with van der Waals surface area (Å²) in [7, 11) is 4.15. The second kappa shape index (κ2) is 5.62. The number of non-ortho nitro benzene ring substituents is 1. The van der Waals surface area contributed by atoms with Gasteiger partial charge in [-0.2, -0.15) is 0 Å². The SMILES string of the molecule is C[NH+](C)CCNc1ccc([N+](=O)[O-])c2cccnc12. The number of rotatable bonds is 5. The maximum absolute atomic E-state index is 11.0. The zero-order valence-corrected chi connectivity index (χ0v) is 11.0. The van der Waals surface area contributed by atoms with Crippen LogP contribution in [0.5, 0.6) is 0 Å². The van der Waals surface area contributed by atoms with Gasteiger partial charge in [0.2, 0.25) is 0 Å². The third-order valence-electron chi connectivity index (χ3n) is 2.88. The Labute approximate surface area is 111 Å². The van der Waals surface area contributed by atoms with E-state index in [4.69, 9.17) is 0 Å². The molecular formula is C13H17N4O2+. The largest absolute Gasteiger partial charge is 0.378 e. The summed E-state index contributed by atoms with van der Waals surface area (Å²) in [6.45, 7) is 1.76. The summed E-state index contributed by atoms with van der Waals surface area (Å²) in [6, 6.07) is 6.68. The van der Waals surface area contributed by atoms with Crippen LogP contribution in [0.4, 0.5) is 11.4 Å². The molecule has 2 N–H and O–H groups in total. The first-order valence-electron chi connectivity index (χ1n) is 6.14. The molecule has 0 aliphatic carbocycles. The Morgan fingerprint density at radius 1 is 1.37 bits per heavy atom. The second-order valence-electron chi connectivity index (χ2n) is 4.67. The molecule has 2 rings (SSSR count). The summed E-state index contributed by atoms with van der Waals surface area (Å²) in [5.41, 5.74) is 1.57. The molecular weight excluding hydrogens is 244 g/mol. The molecule has 0 amide bonds. The van der Waals surface area contributed by atoms with Gasteiger partial charge < -0.3 is 10.2 Å². The predicted octanol–water partition coefficient (Wildman–Crippen LogP) is 0.699. The highest BCUT2D eigenvalue weighted by Gasteiger charge is 2.14. The Morgan fingerprint density at radius 2 is 2.16 bits per heavy atom. The topological polar surface area (TPSA) is 72.5 Å². The van der Waals surface area contributed by atoms with E-state index in [-0.39, 0.29) is 10.6 Å². The third-order valence-corrected chi connectivity index (χ3v) is 2.88. The quantitative estimate of drug-likeness (QED) is 0.614. The summed E-state index contributed by atoms with van der Waals surface area (Å²) in [5, 5.41) is 14.8. The van der Waals surface area contributed by atoms with Crippen LogP contribution in [0.2, 0.25) is 0 Å². The molecule has 0 unspecified atom stereocenters. The number of nitrogens with zero attached hydrogens (tertiary/aromatic N) is 2. The Bertz CT molecular complexity index is 598. The van der Waals surface area contributed by atoms with Crippen LogP contribution in [0.3, 0.4) is 0 Å². The van der Waals surface area contributed by atoms with Crippen LogP contribution >= 0.6 is 0 Å². The molecule has 1 aromatic carbocycles. The van der Waals surface area contributed by atoms with E-state index >= 15 is 0 Å². The smallest absolute Gasteiger partial charge is 0.278 e. The third kappa shape index (κ3) is 2.97. The molecule has 0 aliphatic rings. The number of fused-ring (bicyclic) bond motifs is 1. The highest BCUT2D eigenvalue weighted by Crippen LogP contribution is 2.29. The summed E-state index contributed by atoms with van der Waals surface area (Å²) in [6.07, 6.45) is 1.65. The Hall–Kier alpha value is -2.21. The number of likely N-dealkylation sites (N-methyl/N-ethyl adjacent to an activating group) is 1. The van der Waals surface area contributed by atoms with Crippen LogP contribution in [-0.4, -0.2) is 37.1 Å². The molecule has 6 nitrogen and oxygen atoms in total. The van der Waals surface area contributed by atoms with Crippen LogP contribution < -0.4 is 10.2 Å². The van der Waals surface area contributed by atoms with Crippen LogP contribution in [0, 0.1) is 10.1 Å². The molecule has 6 heteroatoms. The predicted molar refractivity (Wildman–Crippen MR) is 74.6 cm³/mol. The first-order valence-corrected chi connectivity index (χ1v) is 6.14. The molecule has 2 aromatic rings. The van der Waals surface area contributed by atoms with Crippen molar-refractivity contribution in [2.24, 2.45) is 0 Å². The van der Waals surface area contributed by atoms with Crippen molar-refractivity contribution in [3.05, 3.63) is 40.6 Å². The van der Waals surface area contributed by atoms with E-state index < -0.39 is 0 Å². The molecule has 0 atom stereocenters. The molecule has 0 bridgehead atoms. The highest BCUT2D eigenvalue weighted by atomic mass is 16.6. The van der Waals surface area contributed by atoms with Gasteiger partial charge in [0.25, 0.3) is 5.69 Å². The van der Waals surface area contributed by atoms with Crippen molar-refractivity contribution in [2.75, 3.05) is 32.5 Å². The lowest BCUT2D eigenvalue weighted by molar-refractivity contribution is -0.856. The van der Waals surface area contributed by atoms with Crippen molar-refractivity contribution in [1.29, 1.82) is 0 Å². The molecule has 19 heavy (non-hydrogen) atoms. The van der Waals surface area contributed by atoms with E-state index in [2.05, 4.69) is 24.4 Å². The summed E-state index contributed by atoms with van der Waals surface area (Å²) >= 11 is 0. The minimum absolute atomic E-state index is 0.0897. The Kier molecular flexibility index (Phi) is 3.91. The zero-order chi connectivity index (χ0) is 13.8. The van der Waals surface area contributed by atoms with Crippen molar-refractivity contribution in [1.82, 2.24) is 4.98 Å². The number of hydrogen-bond donors (Lipinski definition) is 2. The fourth-order valence-corrected chi connectivity index (χ4v) is 1.91. The highest BCUT2D eigenvalue weighted by molar-refractivity contribution is 5.96. The van der Waals surface area contributed by atoms with Gasteiger partial charge in [0, 0.05) is 12.3 Å². The van der Waals surface area contributed by atoms with Crippen LogP contribution in [0.25, 0.3) is 10.9 Å². The molecule has 1 heterocycles. The number of nitro groups is 1. The molecule has 100 valence electrons. The maximum atomic E-state index is 11.0. The molecule has 0 saturated heterocycles. The first kappa shape index (κ1) is 13.2. The minimum Gasteiger partial charge on any atom is -0.378 e. The normalized spacial score (nSPS) is 10.9. The fourth-order valence-electron chi connectivity index (χ4n) is 1.91. The van der Waals surface area contributed by atoms with Gasteiger partial charge in [-0.3, -0.25) is 15.1 Å². The Morgan fingerprint density at radius 3 is 2.84 bits per heavy atom. The van der Waals surface area contributed by atoms with Crippen molar-refractivity contribution >= 4 is 22.3 Å². The van der Waals surface area contributed by atoms with Crippen molar-refractivity contribution in [3.8, 4) is 0 Å². The Balaban J connectivity index is 2.36. The fraction of sp³-hybridized carbons (Fsp3) is 0.308. The van der Waals surface area contributed by atoms with Crippen molar-refractivity contribution < 1.29 is 9.82 Å². The molecule has 0 fully saturated rings. The van der Waals surface area contributed by atoms with E-state index in [1.54, 1.807) is 24.4 Å². The van der Waals surface area contributed by atoms with E-state index in [9.17, 15) is 10.1 Å². The molecule has 1 aromatic heterocycles. The number of nitrogens with one attached hydrogen (secondary N) is 2. The van der Waals surface area contributed by atoms with Crippen LogP contribution in [0.1, 0.15) is 0 Å². The summed E-state index contributed by atoms with van der Waals surface area (Å²) in [4.78, 5) is 16.2. The number of aromatic nitrogens is 1. The summed E-state index contributed by atoms with van der Waals surface area (Å²) < 4.78 is 0. The van der Waals surface area contributed by atoms with Crippen molar-refractivity contribution in [2.45, 2.75) is 0 Å². The number of quaternary nitrogens is 1. The number of pyridine rings is 1. The zero-order valence-electron chi connectivity index (χ0n) is 11.0. The van der Waals surface area contributed by atoms with Crippen molar-refractivity contribution in [3.63, 3.8) is 0 Å². The van der Waals surface area contributed by atoms with E-state index in [1.807, 2.05) is 0 Å². The number of benzene rings is 1. The van der Waals surface area contributed by atoms with E-state index in [0.29, 0.717) is 10.9 Å². The lowest BCUT2D eigenvalue weighted by Gasteiger charge is -2.11. The van der Waals surface area contributed by atoms with Gasteiger partial charge in [0.15, 0.2) is 0 Å². The average Bonchev–Trinajstić information content (AvgIpc) is 2.38. The number of hydrogen-bond acceptors (Lipinski definition) is 4. The molecule has 0 aliphatic heterocycles. The van der Waals surface area contributed by atoms with Gasteiger partial charge in [0.1, 0.15) is 5.52 Å². The van der Waals surface area contributed by atoms with Gasteiger partial charge >= 0.3 is 0 Å². The average molecular weight is 261 g/mol. The van der Waals surface area contributed by atoms with Crippen LogP contribution in [0.15, 0.2) is 30.5 Å². The van der Waals surface area contributed by atoms with Crippen LogP contribution in [-0.2, 0) is 0 Å².